The van der Waals surface area contributed by atoms with Gasteiger partial charge in [0.1, 0.15) is 5.60 Å². The van der Waals surface area contributed by atoms with Crippen LogP contribution < -0.4 is 0 Å². The van der Waals surface area contributed by atoms with E-state index in [1.54, 1.807) is 20.8 Å². The highest BCUT2D eigenvalue weighted by Crippen LogP contribution is 2.24. The van der Waals surface area contributed by atoms with Gasteiger partial charge in [0.25, 0.3) is 0 Å². The van der Waals surface area contributed by atoms with Crippen LogP contribution in [0.4, 0.5) is 0 Å². The van der Waals surface area contributed by atoms with Gasteiger partial charge in [-0.25, -0.2) is 0 Å². The lowest BCUT2D eigenvalue weighted by atomic mass is 9.88. The molecule has 0 radical (unpaired) electrons. The number of hydrogen-bond acceptors (Lipinski definition) is 3. The van der Waals surface area contributed by atoms with Crippen LogP contribution in [0.2, 0.25) is 0 Å². The second-order valence-corrected chi connectivity index (χ2v) is 7.23. The van der Waals surface area contributed by atoms with E-state index < -0.39 is 23.5 Å². The van der Waals surface area contributed by atoms with E-state index in [-0.39, 0.29) is 5.41 Å². The van der Waals surface area contributed by atoms with Gasteiger partial charge < -0.3 is 9.84 Å². The molecule has 0 aromatic rings. The zero-order chi connectivity index (χ0) is 15.3. The van der Waals surface area contributed by atoms with Gasteiger partial charge in [-0.3, -0.25) is 9.59 Å². The molecular formula is C15H28O4. The Morgan fingerprint density at radius 3 is 1.95 bits per heavy atom. The predicted molar refractivity (Wildman–Crippen MR) is 74.9 cm³/mol. The number of carboxylic acids is 1. The number of aliphatic carboxylic acids is 1. The molecule has 0 heterocycles. The zero-order valence-electron chi connectivity index (χ0n) is 13.1. The molecule has 0 saturated heterocycles. The number of hydrogen-bond donors (Lipinski definition) is 1. The Balaban J connectivity index is 4.28. The number of rotatable bonds is 6. The second-order valence-electron chi connectivity index (χ2n) is 7.23. The van der Waals surface area contributed by atoms with Gasteiger partial charge in [0, 0.05) is 0 Å². The second kappa shape index (κ2) is 6.92. The fourth-order valence-electron chi connectivity index (χ4n) is 1.72. The van der Waals surface area contributed by atoms with Crippen LogP contribution in [-0.2, 0) is 14.3 Å². The number of carbonyl (C=O) groups is 2. The van der Waals surface area contributed by atoms with Crippen LogP contribution in [0.5, 0.6) is 0 Å². The van der Waals surface area contributed by atoms with E-state index in [0.717, 1.165) is 19.3 Å². The Morgan fingerprint density at radius 2 is 1.58 bits per heavy atom. The molecule has 0 aliphatic carbocycles. The summed E-state index contributed by atoms with van der Waals surface area (Å²) in [7, 11) is 0. The molecule has 1 N–H and O–H groups in total. The summed E-state index contributed by atoms with van der Waals surface area (Å²) in [6, 6.07) is 0. The lowest BCUT2D eigenvalue weighted by Crippen LogP contribution is -2.32. The first-order valence-corrected chi connectivity index (χ1v) is 6.88. The summed E-state index contributed by atoms with van der Waals surface area (Å²) in [6.07, 6.45) is 3.03. The molecular weight excluding hydrogens is 244 g/mol. The van der Waals surface area contributed by atoms with Gasteiger partial charge in [0.15, 0.2) is 5.92 Å². The third kappa shape index (κ3) is 9.51. The molecule has 112 valence electrons. The van der Waals surface area contributed by atoms with Crippen LogP contribution in [0.25, 0.3) is 0 Å². The third-order valence-electron chi connectivity index (χ3n) is 2.66. The molecule has 0 rings (SSSR count). The third-order valence-corrected chi connectivity index (χ3v) is 2.66. The fourth-order valence-corrected chi connectivity index (χ4v) is 1.72. The largest absolute Gasteiger partial charge is 0.481 e. The predicted octanol–water partition coefficient (Wildman–Crippen LogP) is 3.64. The molecule has 0 aromatic heterocycles. The molecule has 0 saturated carbocycles. The first-order chi connectivity index (χ1) is 8.42. The molecule has 0 aliphatic rings. The van der Waals surface area contributed by atoms with Gasteiger partial charge in [-0.05, 0) is 39.0 Å². The van der Waals surface area contributed by atoms with Crippen molar-refractivity contribution in [2.24, 2.45) is 11.3 Å². The van der Waals surface area contributed by atoms with Gasteiger partial charge in [0.2, 0.25) is 0 Å². The van der Waals surface area contributed by atoms with Crippen LogP contribution in [0.1, 0.15) is 67.2 Å². The minimum atomic E-state index is -1.09. The summed E-state index contributed by atoms with van der Waals surface area (Å²) in [5.74, 6) is -2.76. The molecule has 1 unspecified atom stereocenters. The highest BCUT2D eigenvalue weighted by molar-refractivity contribution is 5.94. The Bertz CT molecular complexity index is 307. The smallest absolute Gasteiger partial charge is 0.320 e. The summed E-state index contributed by atoms with van der Waals surface area (Å²) in [4.78, 5) is 22.9. The van der Waals surface area contributed by atoms with Crippen molar-refractivity contribution in [1.29, 1.82) is 0 Å². The molecule has 0 bridgehead atoms. The van der Waals surface area contributed by atoms with Crippen LogP contribution in [-0.4, -0.2) is 22.6 Å². The Kier molecular flexibility index (Phi) is 6.53. The van der Waals surface area contributed by atoms with E-state index >= 15 is 0 Å². The molecule has 0 amide bonds. The Hall–Kier alpha value is -1.06. The van der Waals surface area contributed by atoms with Crippen molar-refractivity contribution >= 4 is 11.9 Å². The minimum absolute atomic E-state index is 0.241. The SMILES string of the molecule is CC(C)(C)CCCCC(C(=O)O)C(=O)OC(C)(C)C. The fraction of sp³-hybridized carbons (Fsp3) is 0.867. The van der Waals surface area contributed by atoms with Gasteiger partial charge in [-0.15, -0.1) is 0 Å². The van der Waals surface area contributed by atoms with E-state index in [1.807, 2.05) is 0 Å². The van der Waals surface area contributed by atoms with Crippen molar-refractivity contribution in [2.45, 2.75) is 72.8 Å². The molecule has 4 heteroatoms. The summed E-state index contributed by atoms with van der Waals surface area (Å²) in [5.41, 5.74) is -0.402. The standard InChI is InChI=1S/C15H28O4/c1-14(2,3)10-8-7-9-11(12(16)17)13(18)19-15(4,5)6/h11H,7-10H2,1-6H3,(H,16,17). The number of esters is 1. The first-order valence-electron chi connectivity index (χ1n) is 6.88. The van der Waals surface area contributed by atoms with Crippen molar-refractivity contribution in [3.63, 3.8) is 0 Å². The molecule has 0 spiro atoms. The van der Waals surface area contributed by atoms with Gasteiger partial charge >= 0.3 is 11.9 Å². The monoisotopic (exact) mass is 272 g/mol. The van der Waals surface area contributed by atoms with Crippen molar-refractivity contribution in [3.05, 3.63) is 0 Å². The van der Waals surface area contributed by atoms with E-state index in [0.29, 0.717) is 6.42 Å². The maximum Gasteiger partial charge on any atom is 0.320 e. The summed E-state index contributed by atoms with van der Waals surface area (Å²) in [6.45, 7) is 11.7. The quantitative estimate of drug-likeness (QED) is 0.455. The van der Waals surface area contributed by atoms with Gasteiger partial charge in [-0.1, -0.05) is 33.6 Å². The maximum atomic E-state index is 11.8. The van der Waals surface area contributed by atoms with Crippen LogP contribution >= 0.6 is 0 Å². The first kappa shape index (κ1) is 17.9. The molecule has 19 heavy (non-hydrogen) atoms. The van der Waals surface area contributed by atoms with Crippen molar-refractivity contribution < 1.29 is 19.4 Å². The van der Waals surface area contributed by atoms with E-state index in [2.05, 4.69) is 20.8 Å². The van der Waals surface area contributed by atoms with Gasteiger partial charge in [-0.2, -0.15) is 0 Å². The van der Waals surface area contributed by atoms with E-state index in [1.165, 1.54) is 0 Å². The number of ether oxygens (including phenoxy) is 1. The maximum absolute atomic E-state index is 11.8. The van der Waals surface area contributed by atoms with E-state index in [9.17, 15) is 9.59 Å². The van der Waals surface area contributed by atoms with Gasteiger partial charge in [0.05, 0.1) is 0 Å². The topological polar surface area (TPSA) is 63.6 Å². The Labute approximate surface area is 116 Å². The number of unbranched alkanes of at least 4 members (excludes halogenated alkanes) is 1. The summed E-state index contributed by atoms with van der Waals surface area (Å²) >= 11 is 0. The average Bonchev–Trinajstić information content (AvgIpc) is 2.11. The molecule has 4 nitrogen and oxygen atoms in total. The molecule has 0 aliphatic heterocycles. The van der Waals surface area contributed by atoms with Crippen LogP contribution in [0, 0.1) is 11.3 Å². The summed E-state index contributed by atoms with van der Waals surface area (Å²) in [5, 5.41) is 9.10. The molecule has 1 atom stereocenters. The highest BCUT2D eigenvalue weighted by Gasteiger charge is 2.30. The van der Waals surface area contributed by atoms with Crippen LogP contribution in [0.15, 0.2) is 0 Å². The minimum Gasteiger partial charge on any atom is -0.481 e. The molecule has 0 fully saturated rings. The zero-order valence-corrected chi connectivity index (χ0v) is 13.1. The normalized spacial score (nSPS) is 14.0. The van der Waals surface area contributed by atoms with Crippen molar-refractivity contribution in [1.82, 2.24) is 0 Å². The van der Waals surface area contributed by atoms with Crippen molar-refractivity contribution in [3.8, 4) is 0 Å². The summed E-state index contributed by atoms with van der Waals surface area (Å²) < 4.78 is 5.14. The molecule has 0 aromatic carbocycles. The highest BCUT2D eigenvalue weighted by atomic mass is 16.6. The average molecular weight is 272 g/mol. The van der Waals surface area contributed by atoms with E-state index in [4.69, 9.17) is 9.84 Å². The lowest BCUT2D eigenvalue weighted by molar-refractivity contribution is -0.167. The number of carboxylic acid groups (broad SMARTS) is 1. The lowest BCUT2D eigenvalue weighted by Gasteiger charge is -2.22. The van der Waals surface area contributed by atoms with Crippen molar-refractivity contribution in [2.75, 3.05) is 0 Å². The number of carbonyl (C=O) groups excluding carboxylic acids is 1. The Morgan fingerprint density at radius 1 is 1.05 bits per heavy atom. The van der Waals surface area contributed by atoms with Crippen LogP contribution in [0.3, 0.4) is 0 Å².